The zero-order valence-corrected chi connectivity index (χ0v) is 13.7. The van der Waals surface area contributed by atoms with E-state index < -0.39 is 28.5 Å². The largest absolute Gasteiger partial charge is 0.465 e. The van der Waals surface area contributed by atoms with Crippen molar-refractivity contribution in [2.75, 3.05) is 14.2 Å². The second-order valence-electron chi connectivity index (χ2n) is 4.85. The first-order valence-electron chi connectivity index (χ1n) is 7.07. The number of nitro benzene ring substituents is 1. The number of non-ortho nitro benzene ring substituents is 1. The molecule has 0 saturated heterocycles. The first-order chi connectivity index (χ1) is 12.3. The first-order valence-corrected chi connectivity index (χ1v) is 7.07. The summed E-state index contributed by atoms with van der Waals surface area (Å²) in [5.41, 5.74) is -0.843. The number of methoxy groups -OCH3 is 2. The summed E-state index contributed by atoms with van der Waals surface area (Å²) >= 11 is 0. The summed E-state index contributed by atoms with van der Waals surface area (Å²) in [6.07, 6.45) is 0. The molecule has 2 aromatic rings. The minimum atomic E-state index is -0.921. The Morgan fingerprint density at radius 3 is 2.19 bits per heavy atom. The minimum Gasteiger partial charge on any atom is -0.465 e. The van der Waals surface area contributed by atoms with Crippen molar-refractivity contribution in [2.24, 2.45) is 0 Å². The molecule has 0 spiro atoms. The van der Waals surface area contributed by atoms with E-state index >= 15 is 0 Å². The summed E-state index contributed by atoms with van der Waals surface area (Å²) in [7, 11) is 2.29. The van der Waals surface area contributed by atoms with Crippen molar-refractivity contribution >= 4 is 23.6 Å². The van der Waals surface area contributed by atoms with Crippen LogP contribution < -0.4 is 0 Å². The van der Waals surface area contributed by atoms with E-state index in [4.69, 9.17) is 9.15 Å². The molecule has 136 valence electrons. The van der Waals surface area contributed by atoms with Gasteiger partial charge in [-0.1, -0.05) is 0 Å². The van der Waals surface area contributed by atoms with Crippen molar-refractivity contribution in [1.82, 2.24) is 0 Å². The number of furan rings is 1. The highest BCUT2D eigenvalue weighted by atomic mass is 16.6. The lowest BCUT2D eigenvalue weighted by molar-refractivity contribution is -0.384. The highest BCUT2D eigenvalue weighted by Gasteiger charge is 2.20. The molecule has 0 atom stereocenters. The lowest BCUT2D eigenvalue weighted by Gasteiger charge is -2.05. The number of carbonyl (C=O) groups is 3. The fourth-order valence-corrected chi connectivity index (χ4v) is 1.96. The third-order valence-electron chi connectivity index (χ3n) is 3.18. The molecule has 1 heterocycles. The molecule has 0 saturated carbocycles. The molecule has 0 bridgehead atoms. The summed E-state index contributed by atoms with van der Waals surface area (Å²) in [6, 6.07) is 5.82. The Labute approximate surface area is 146 Å². The van der Waals surface area contributed by atoms with Crippen LogP contribution in [0.15, 0.2) is 34.7 Å². The zero-order chi connectivity index (χ0) is 19.3. The molecule has 0 N–H and O–H groups in total. The monoisotopic (exact) mass is 363 g/mol. The zero-order valence-electron chi connectivity index (χ0n) is 13.7. The maximum absolute atomic E-state index is 12.1. The third kappa shape index (κ3) is 4.23. The molecule has 0 unspecified atom stereocenters. The van der Waals surface area contributed by atoms with Gasteiger partial charge in [-0.05, 0) is 18.2 Å². The van der Waals surface area contributed by atoms with Crippen LogP contribution in [0, 0.1) is 10.1 Å². The maximum atomic E-state index is 12.1. The molecule has 10 nitrogen and oxygen atoms in total. The van der Waals surface area contributed by atoms with Crippen molar-refractivity contribution in [1.29, 1.82) is 0 Å². The summed E-state index contributed by atoms with van der Waals surface area (Å²) in [4.78, 5) is 45.2. The maximum Gasteiger partial charge on any atom is 0.373 e. The molecule has 0 radical (unpaired) electrons. The van der Waals surface area contributed by atoms with Crippen LogP contribution in [0.5, 0.6) is 0 Å². The van der Waals surface area contributed by atoms with Crippen molar-refractivity contribution in [3.63, 3.8) is 0 Å². The second-order valence-corrected chi connectivity index (χ2v) is 4.85. The number of hydrogen-bond donors (Lipinski definition) is 0. The average molecular weight is 363 g/mol. The van der Waals surface area contributed by atoms with Gasteiger partial charge in [-0.25, -0.2) is 14.4 Å². The summed E-state index contributed by atoms with van der Waals surface area (Å²) in [5, 5.41) is 11.0. The van der Waals surface area contributed by atoms with E-state index in [0.29, 0.717) is 0 Å². The van der Waals surface area contributed by atoms with Crippen LogP contribution in [-0.4, -0.2) is 37.1 Å². The Morgan fingerprint density at radius 1 is 1.00 bits per heavy atom. The van der Waals surface area contributed by atoms with Gasteiger partial charge in [0.2, 0.25) is 5.76 Å². The highest BCUT2D eigenvalue weighted by Crippen LogP contribution is 2.19. The molecule has 10 heteroatoms. The van der Waals surface area contributed by atoms with Crippen LogP contribution in [0.1, 0.15) is 37.0 Å². The van der Waals surface area contributed by atoms with Crippen LogP contribution in [0.2, 0.25) is 0 Å². The average Bonchev–Trinajstić information content (AvgIpc) is 3.13. The Kier molecular flexibility index (Phi) is 5.68. The highest BCUT2D eigenvalue weighted by molar-refractivity contribution is 5.96. The molecule has 1 aromatic carbocycles. The number of benzene rings is 1. The van der Waals surface area contributed by atoms with E-state index in [0.717, 1.165) is 25.3 Å². The minimum absolute atomic E-state index is 0.0677. The fraction of sp³-hybridized carbons (Fsp3) is 0.188. The normalized spacial score (nSPS) is 10.1. The predicted octanol–water partition coefficient (Wildman–Crippen LogP) is 2.12. The van der Waals surface area contributed by atoms with Crippen molar-refractivity contribution in [3.05, 3.63) is 63.1 Å². The lowest BCUT2D eigenvalue weighted by Crippen LogP contribution is -2.09. The number of nitrogens with zero attached hydrogens (tertiary/aromatic N) is 1. The molecule has 0 aliphatic heterocycles. The number of nitro groups is 1. The summed E-state index contributed by atoms with van der Waals surface area (Å²) in [6.45, 7) is -0.327. The quantitative estimate of drug-likeness (QED) is 0.327. The third-order valence-corrected chi connectivity index (χ3v) is 3.18. The first kappa shape index (κ1) is 18.6. The molecule has 2 rings (SSSR count). The van der Waals surface area contributed by atoms with Crippen molar-refractivity contribution < 1.29 is 37.9 Å². The SMILES string of the molecule is COC(=O)c1cc(C(=O)OCc2ccc(C(=O)OC)o2)cc([N+](=O)[O-])c1. The molecule has 0 aliphatic carbocycles. The van der Waals surface area contributed by atoms with E-state index in [1.807, 2.05) is 0 Å². The predicted molar refractivity (Wildman–Crippen MR) is 83.6 cm³/mol. The smallest absolute Gasteiger partial charge is 0.373 e. The Morgan fingerprint density at radius 2 is 1.62 bits per heavy atom. The van der Waals surface area contributed by atoms with Crippen molar-refractivity contribution in [3.8, 4) is 0 Å². The van der Waals surface area contributed by atoms with Crippen molar-refractivity contribution in [2.45, 2.75) is 6.61 Å². The molecule has 0 fully saturated rings. The van der Waals surface area contributed by atoms with Gasteiger partial charge in [0.1, 0.15) is 12.4 Å². The molecule has 1 aromatic heterocycles. The Bertz CT molecular complexity index is 868. The van der Waals surface area contributed by atoms with Gasteiger partial charge in [-0.2, -0.15) is 0 Å². The van der Waals surface area contributed by atoms with Crippen LogP contribution in [-0.2, 0) is 20.8 Å². The van der Waals surface area contributed by atoms with Gasteiger partial charge in [0.25, 0.3) is 5.69 Å². The van der Waals surface area contributed by atoms with Crippen LogP contribution in [0.3, 0.4) is 0 Å². The van der Waals surface area contributed by atoms with Crippen LogP contribution in [0.4, 0.5) is 5.69 Å². The Hall–Kier alpha value is -3.69. The number of hydrogen-bond acceptors (Lipinski definition) is 9. The van der Waals surface area contributed by atoms with E-state index in [-0.39, 0.29) is 29.3 Å². The molecular formula is C16H13NO9. The lowest BCUT2D eigenvalue weighted by atomic mass is 10.1. The van der Waals surface area contributed by atoms with Gasteiger partial charge in [0.15, 0.2) is 0 Å². The Balaban J connectivity index is 2.17. The van der Waals surface area contributed by atoms with Gasteiger partial charge in [0.05, 0.1) is 30.3 Å². The molecule has 0 aliphatic rings. The standard InChI is InChI=1S/C16H13NO9/c1-23-14(18)9-5-10(7-11(6-9)17(21)22)15(19)25-8-12-3-4-13(26-12)16(20)24-2/h3-7H,8H2,1-2H3. The molecule has 0 amide bonds. The fourth-order valence-electron chi connectivity index (χ4n) is 1.96. The number of ether oxygens (including phenoxy) is 3. The van der Waals surface area contributed by atoms with Gasteiger partial charge in [-0.3, -0.25) is 10.1 Å². The van der Waals surface area contributed by atoms with E-state index in [1.54, 1.807) is 0 Å². The van der Waals surface area contributed by atoms with E-state index in [1.165, 1.54) is 19.2 Å². The number of esters is 3. The van der Waals surface area contributed by atoms with Gasteiger partial charge >= 0.3 is 17.9 Å². The molecule has 26 heavy (non-hydrogen) atoms. The summed E-state index contributed by atoms with van der Waals surface area (Å²) in [5.74, 6) is -2.35. The second kappa shape index (κ2) is 7.92. The van der Waals surface area contributed by atoms with Gasteiger partial charge in [0, 0.05) is 12.1 Å². The van der Waals surface area contributed by atoms with Crippen LogP contribution >= 0.6 is 0 Å². The topological polar surface area (TPSA) is 135 Å². The van der Waals surface area contributed by atoms with E-state index in [2.05, 4.69) is 9.47 Å². The van der Waals surface area contributed by atoms with Gasteiger partial charge in [-0.15, -0.1) is 0 Å². The van der Waals surface area contributed by atoms with Gasteiger partial charge < -0.3 is 18.6 Å². The number of carbonyl (C=O) groups excluding carboxylic acids is 3. The molecular weight excluding hydrogens is 350 g/mol. The number of rotatable bonds is 6. The van der Waals surface area contributed by atoms with E-state index in [9.17, 15) is 24.5 Å². The van der Waals surface area contributed by atoms with Crippen LogP contribution in [0.25, 0.3) is 0 Å². The summed E-state index contributed by atoms with van der Waals surface area (Å²) < 4.78 is 19.1.